The van der Waals surface area contributed by atoms with Gasteiger partial charge in [0.25, 0.3) is 5.91 Å². The minimum absolute atomic E-state index is 0.168. The largest absolute Gasteiger partial charge is 0.322 e. The van der Waals surface area contributed by atoms with Crippen LogP contribution in [0.15, 0.2) is 42.5 Å². The number of amides is 1. The second-order valence-electron chi connectivity index (χ2n) is 4.46. The molecule has 1 N–H and O–H groups in total. The first-order chi connectivity index (χ1) is 9.10. The average Bonchev–Trinajstić information content (AvgIpc) is 2.42. The first-order valence-electron chi connectivity index (χ1n) is 5.99. The van der Waals surface area contributed by atoms with Crippen molar-refractivity contribution in [1.29, 1.82) is 5.26 Å². The fourth-order valence-electron chi connectivity index (χ4n) is 1.73. The van der Waals surface area contributed by atoms with Crippen LogP contribution in [0.4, 0.5) is 5.69 Å². The Kier molecular flexibility index (Phi) is 3.63. The van der Waals surface area contributed by atoms with Gasteiger partial charge in [0.1, 0.15) is 0 Å². The van der Waals surface area contributed by atoms with Crippen LogP contribution in [0, 0.1) is 25.2 Å². The predicted molar refractivity (Wildman–Crippen MR) is 75.0 cm³/mol. The standard InChI is InChI=1S/C16H14N2O/c1-11-3-7-14(8-4-11)16(19)18-15-9-13(10-17)6-5-12(15)2/h3-9H,1-2H3,(H,18,19). The molecule has 0 aliphatic carbocycles. The van der Waals surface area contributed by atoms with Crippen molar-refractivity contribution in [3.63, 3.8) is 0 Å². The number of aryl methyl sites for hydroxylation is 2. The van der Waals surface area contributed by atoms with Crippen molar-refractivity contribution in [2.75, 3.05) is 5.32 Å². The molecule has 3 nitrogen and oxygen atoms in total. The zero-order chi connectivity index (χ0) is 13.8. The molecule has 0 aliphatic heterocycles. The number of carbonyl (C=O) groups excluding carboxylic acids is 1. The van der Waals surface area contributed by atoms with Gasteiger partial charge in [-0.2, -0.15) is 5.26 Å². The summed E-state index contributed by atoms with van der Waals surface area (Å²) in [7, 11) is 0. The number of carbonyl (C=O) groups is 1. The molecule has 19 heavy (non-hydrogen) atoms. The van der Waals surface area contributed by atoms with Gasteiger partial charge in [0.05, 0.1) is 11.6 Å². The first-order valence-corrected chi connectivity index (χ1v) is 5.99. The highest BCUT2D eigenvalue weighted by Gasteiger charge is 2.08. The van der Waals surface area contributed by atoms with Gasteiger partial charge in [-0.1, -0.05) is 23.8 Å². The van der Waals surface area contributed by atoms with E-state index in [2.05, 4.69) is 11.4 Å². The zero-order valence-electron chi connectivity index (χ0n) is 10.9. The number of hydrogen-bond donors (Lipinski definition) is 1. The fourth-order valence-corrected chi connectivity index (χ4v) is 1.73. The van der Waals surface area contributed by atoms with Gasteiger partial charge in [-0.05, 0) is 43.7 Å². The maximum atomic E-state index is 12.1. The third-order valence-electron chi connectivity index (χ3n) is 2.93. The summed E-state index contributed by atoms with van der Waals surface area (Å²) >= 11 is 0. The van der Waals surface area contributed by atoms with Crippen molar-refractivity contribution >= 4 is 11.6 Å². The number of nitrogens with one attached hydrogen (secondary N) is 1. The van der Waals surface area contributed by atoms with E-state index in [4.69, 9.17) is 5.26 Å². The van der Waals surface area contributed by atoms with Gasteiger partial charge in [0, 0.05) is 11.3 Å². The number of nitrogens with zero attached hydrogens (tertiary/aromatic N) is 1. The monoisotopic (exact) mass is 250 g/mol. The van der Waals surface area contributed by atoms with Crippen LogP contribution >= 0.6 is 0 Å². The minimum atomic E-state index is -0.168. The van der Waals surface area contributed by atoms with E-state index in [0.29, 0.717) is 16.8 Å². The molecule has 2 aromatic carbocycles. The van der Waals surface area contributed by atoms with Crippen LogP contribution in [-0.4, -0.2) is 5.91 Å². The van der Waals surface area contributed by atoms with Crippen molar-refractivity contribution in [3.8, 4) is 6.07 Å². The van der Waals surface area contributed by atoms with Crippen molar-refractivity contribution in [2.24, 2.45) is 0 Å². The van der Waals surface area contributed by atoms with Gasteiger partial charge in [0.2, 0.25) is 0 Å². The van der Waals surface area contributed by atoms with Gasteiger partial charge >= 0.3 is 0 Å². The first kappa shape index (κ1) is 12.8. The van der Waals surface area contributed by atoms with Crippen LogP contribution in [0.3, 0.4) is 0 Å². The van der Waals surface area contributed by atoms with Gasteiger partial charge in [-0.3, -0.25) is 4.79 Å². The number of anilines is 1. The van der Waals surface area contributed by atoms with Crippen LogP contribution in [0.5, 0.6) is 0 Å². The maximum absolute atomic E-state index is 12.1. The van der Waals surface area contributed by atoms with E-state index in [1.807, 2.05) is 32.0 Å². The fraction of sp³-hybridized carbons (Fsp3) is 0.125. The Labute approximate surface area is 112 Å². The third kappa shape index (κ3) is 2.99. The highest BCUT2D eigenvalue weighted by atomic mass is 16.1. The summed E-state index contributed by atoms with van der Waals surface area (Å²) in [5.41, 5.74) is 3.85. The van der Waals surface area contributed by atoms with Crippen molar-refractivity contribution in [1.82, 2.24) is 0 Å². The predicted octanol–water partition coefficient (Wildman–Crippen LogP) is 3.43. The Bertz CT molecular complexity index is 651. The second kappa shape index (κ2) is 5.36. The number of hydrogen-bond acceptors (Lipinski definition) is 2. The lowest BCUT2D eigenvalue weighted by Gasteiger charge is -2.09. The Hall–Kier alpha value is -2.60. The summed E-state index contributed by atoms with van der Waals surface area (Å²) in [6.45, 7) is 3.87. The van der Waals surface area contributed by atoms with Crippen LogP contribution < -0.4 is 5.32 Å². The van der Waals surface area contributed by atoms with Gasteiger partial charge in [0.15, 0.2) is 0 Å². The molecule has 0 bridgehead atoms. The topological polar surface area (TPSA) is 52.9 Å². The number of rotatable bonds is 2. The Morgan fingerprint density at radius 1 is 1.11 bits per heavy atom. The number of benzene rings is 2. The maximum Gasteiger partial charge on any atom is 0.255 e. The Morgan fingerprint density at radius 2 is 1.79 bits per heavy atom. The quantitative estimate of drug-likeness (QED) is 0.887. The van der Waals surface area contributed by atoms with Crippen LogP contribution in [-0.2, 0) is 0 Å². The highest BCUT2D eigenvalue weighted by Crippen LogP contribution is 2.17. The molecule has 0 spiro atoms. The second-order valence-corrected chi connectivity index (χ2v) is 4.46. The van der Waals surface area contributed by atoms with E-state index in [1.165, 1.54) is 0 Å². The Morgan fingerprint density at radius 3 is 2.42 bits per heavy atom. The zero-order valence-corrected chi connectivity index (χ0v) is 10.9. The van der Waals surface area contributed by atoms with E-state index < -0.39 is 0 Å². The molecular weight excluding hydrogens is 236 g/mol. The molecule has 0 atom stereocenters. The third-order valence-corrected chi connectivity index (χ3v) is 2.93. The van der Waals surface area contributed by atoms with Gasteiger partial charge < -0.3 is 5.32 Å². The van der Waals surface area contributed by atoms with Crippen molar-refractivity contribution in [3.05, 3.63) is 64.7 Å². The molecule has 0 unspecified atom stereocenters. The smallest absolute Gasteiger partial charge is 0.255 e. The molecule has 1 amide bonds. The summed E-state index contributed by atoms with van der Waals surface area (Å²) in [5, 5.41) is 11.7. The van der Waals surface area contributed by atoms with E-state index in [0.717, 1.165) is 11.1 Å². The van der Waals surface area contributed by atoms with Crippen LogP contribution in [0.25, 0.3) is 0 Å². The van der Waals surface area contributed by atoms with Crippen molar-refractivity contribution in [2.45, 2.75) is 13.8 Å². The molecule has 0 saturated carbocycles. The van der Waals surface area contributed by atoms with Crippen molar-refractivity contribution < 1.29 is 4.79 Å². The lowest BCUT2D eigenvalue weighted by Crippen LogP contribution is -2.12. The molecule has 0 radical (unpaired) electrons. The van der Waals surface area contributed by atoms with Gasteiger partial charge in [-0.25, -0.2) is 0 Å². The molecule has 0 heterocycles. The van der Waals surface area contributed by atoms with Gasteiger partial charge in [-0.15, -0.1) is 0 Å². The summed E-state index contributed by atoms with van der Waals surface area (Å²) < 4.78 is 0. The summed E-state index contributed by atoms with van der Waals surface area (Å²) in [6.07, 6.45) is 0. The molecule has 0 saturated heterocycles. The Balaban J connectivity index is 2.24. The molecule has 3 heteroatoms. The van der Waals surface area contributed by atoms with E-state index >= 15 is 0 Å². The summed E-state index contributed by atoms with van der Waals surface area (Å²) in [5.74, 6) is -0.168. The SMILES string of the molecule is Cc1ccc(C(=O)Nc2cc(C#N)ccc2C)cc1. The average molecular weight is 250 g/mol. The molecule has 0 aromatic heterocycles. The normalized spacial score (nSPS) is 9.74. The molecule has 94 valence electrons. The molecule has 0 aliphatic rings. The molecule has 2 aromatic rings. The lowest BCUT2D eigenvalue weighted by molar-refractivity contribution is 0.102. The van der Waals surface area contributed by atoms with E-state index in [9.17, 15) is 4.79 Å². The van der Waals surface area contributed by atoms with Crippen LogP contribution in [0.2, 0.25) is 0 Å². The molecular formula is C16H14N2O. The minimum Gasteiger partial charge on any atom is -0.322 e. The molecule has 2 rings (SSSR count). The molecule has 0 fully saturated rings. The lowest BCUT2D eigenvalue weighted by atomic mass is 10.1. The van der Waals surface area contributed by atoms with Crippen LogP contribution in [0.1, 0.15) is 27.0 Å². The highest BCUT2D eigenvalue weighted by molar-refractivity contribution is 6.04. The summed E-state index contributed by atoms with van der Waals surface area (Å²) in [6, 6.07) is 14.7. The van der Waals surface area contributed by atoms with E-state index in [-0.39, 0.29) is 5.91 Å². The summed E-state index contributed by atoms with van der Waals surface area (Å²) in [4.78, 5) is 12.1. The van der Waals surface area contributed by atoms with E-state index in [1.54, 1.807) is 24.3 Å². The number of nitriles is 1.